The van der Waals surface area contributed by atoms with E-state index in [-0.39, 0.29) is 17.9 Å². The molecule has 3 aromatic rings. The zero-order valence-electron chi connectivity index (χ0n) is 17.8. The molecular formula is C23H21F2N5O3. The van der Waals surface area contributed by atoms with Gasteiger partial charge in [-0.1, -0.05) is 36.4 Å². The first-order valence-corrected chi connectivity index (χ1v) is 10.5. The minimum absolute atomic E-state index is 0.0143. The Bertz CT molecular complexity index is 1290. The average molecular weight is 453 g/mol. The van der Waals surface area contributed by atoms with E-state index in [9.17, 15) is 23.2 Å². The number of urea groups is 1. The van der Waals surface area contributed by atoms with Gasteiger partial charge in [-0.15, -0.1) is 0 Å². The number of hydrogen-bond acceptors (Lipinski definition) is 4. The summed E-state index contributed by atoms with van der Waals surface area (Å²) in [6, 6.07) is 13.3. The Hall–Kier alpha value is -3.82. The number of alkyl halides is 2. The van der Waals surface area contributed by atoms with Crippen molar-refractivity contribution in [1.29, 1.82) is 0 Å². The highest BCUT2D eigenvalue weighted by Gasteiger charge is 2.55. The van der Waals surface area contributed by atoms with Crippen LogP contribution >= 0.6 is 0 Å². The Labute approximate surface area is 187 Å². The van der Waals surface area contributed by atoms with Gasteiger partial charge in [0.2, 0.25) is 5.91 Å². The van der Waals surface area contributed by atoms with Crippen molar-refractivity contribution in [3.8, 4) is 0 Å². The maximum Gasteiger partial charge on any atom is 0.325 e. The topological polar surface area (TPSA) is 87.5 Å². The molecule has 10 heteroatoms. The second-order valence-corrected chi connectivity index (χ2v) is 8.30. The van der Waals surface area contributed by atoms with Crippen LogP contribution in [-0.4, -0.2) is 50.8 Å². The lowest BCUT2D eigenvalue weighted by Crippen LogP contribution is -2.44. The number of halogens is 2. The number of imidazole rings is 1. The summed E-state index contributed by atoms with van der Waals surface area (Å²) >= 11 is 0. The second kappa shape index (κ2) is 7.65. The Balaban J connectivity index is 1.34. The number of carbonyl (C=O) groups excluding carboxylic acids is 3. The first-order valence-electron chi connectivity index (χ1n) is 10.5. The molecule has 1 N–H and O–H groups in total. The highest BCUT2D eigenvalue weighted by molar-refractivity contribution is 6.09. The van der Waals surface area contributed by atoms with Crippen molar-refractivity contribution in [3.63, 3.8) is 0 Å². The van der Waals surface area contributed by atoms with E-state index < -0.39 is 36.5 Å². The molecule has 1 aromatic heterocycles. The number of nitrogens with zero attached hydrogens (tertiary/aromatic N) is 4. The molecule has 0 unspecified atom stereocenters. The van der Waals surface area contributed by atoms with E-state index in [1.54, 1.807) is 18.2 Å². The predicted octanol–water partition coefficient (Wildman–Crippen LogP) is 2.78. The Kier molecular flexibility index (Phi) is 4.88. The van der Waals surface area contributed by atoms with Crippen molar-refractivity contribution in [2.45, 2.75) is 31.5 Å². The minimum Gasteiger partial charge on any atom is -0.337 e. The van der Waals surface area contributed by atoms with Crippen LogP contribution < -0.4 is 5.32 Å². The van der Waals surface area contributed by atoms with Crippen molar-refractivity contribution in [2.24, 2.45) is 0 Å². The lowest BCUT2D eigenvalue weighted by Gasteiger charge is -2.23. The minimum atomic E-state index is -2.83. The quantitative estimate of drug-likeness (QED) is 0.602. The van der Waals surface area contributed by atoms with E-state index in [4.69, 9.17) is 0 Å². The molecule has 1 spiro atoms. The van der Waals surface area contributed by atoms with Crippen LogP contribution in [0.25, 0.3) is 11.0 Å². The van der Waals surface area contributed by atoms with Crippen LogP contribution in [-0.2, 0) is 28.1 Å². The van der Waals surface area contributed by atoms with Gasteiger partial charge in [0.25, 0.3) is 5.91 Å². The smallest absolute Gasteiger partial charge is 0.325 e. The molecule has 2 aromatic carbocycles. The largest absolute Gasteiger partial charge is 0.337 e. The molecule has 4 amide bonds. The molecule has 8 nitrogen and oxygen atoms in total. The van der Waals surface area contributed by atoms with Crippen LogP contribution in [0.4, 0.5) is 13.6 Å². The molecule has 170 valence electrons. The van der Waals surface area contributed by atoms with Crippen LogP contribution in [0.1, 0.15) is 29.9 Å². The van der Waals surface area contributed by atoms with Gasteiger partial charge in [0, 0.05) is 7.05 Å². The third kappa shape index (κ3) is 3.24. The van der Waals surface area contributed by atoms with Gasteiger partial charge in [-0.25, -0.2) is 9.78 Å². The van der Waals surface area contributed by atoms with Crippen LogP contribution in [0.3, 0.4) is 0 Å². The van der Waals surface area contributed by atoms with Gasteiger partial charge >= 0.3 is 12.6 Å². The van der Waals surface area contributed by atoms with Gasteiger partial charge in [0.1, 0.15) is 17.9 Å². The lowest BCUT2D eigenvalue weighted by molar-refractivity contribution is -0.138. The summed E-state index contributed by atoms with van der Waals surface area (Å²) in [6.45, 7) is -3.51. The molecule has 1 aliphatic carbocycles. The number of para-hydroxylation sites is 2. The summed E-state index contributed by atoms with van der Waals surface area (Å²) in [5, 5.41) is 2.77. The molecule has 1 aliphatic heterocycles. The highest BCUT2D eigenvalue weighted by atomic mass is 19.3. The van der Waals surface area contributed by atoms with Crippen molar-refractivity contribution in [3.05, 3.63) is 65.5 Å². The molecule has 0 saturated carbocycles. The lowest BCUT2D eigenvalue weighted by atomic mass is 9.92. The van der Waals surface area contributed by atoms with Gasteiger partial charge in [-0.2, -0.15) is 8.78 Å². The SMILES string of the molecule is CN(Cc1nc2ccccc2n1C(F)F)C(=O)CN1C(=O)N[C@@]2(CCc3ccccc32)C1=O. The molecule has 2 heterocycles. The molecule has 2 aliphatic rings. The van der Waals surface area contributed by atoms with E-state index in [0.29, 0.717) is 18.4 Å². The van der Waals surface area contributed by atoms with E-state index in [1.807, 2.05) is 24.3 Å². The summed E-state index contributed by atoms with van der Waals surface area (Å²) in [4.78, 5) is 45.1. The van der Waals surface area contributed by atoms with Crippen LogP contribution in [0.2, 0.25) is 0 Å². The summed E-state index contributed by atoms with van der Waals surface area (Å²) in [5.74, 6) is -1.02. The first kappa shape index (κ1) is 21.0. The average Bonchev–Trinajstić information content (AvgIpc) is 3.42. The number of aryl methyl sites for hydroxylation is 1. The van der Waals surface area contributed by atoms with Crippen molar-refractivity contribution >= 4 is 28.9 Å². The van der Waals surface area contributed by atoms with Gasteiger partial charge in [-0.3, -0.25) is 19.1 Å². The van der Waals surface area contributed by atoms with Crippen LogP contribution in [0, 0.1) is 0 Å². The molecule has 0 radical (unpaired) electrons. The number of hydrogen-bond donors (Lipinski definition) is 1. The normalized spacial score (nSPS) is 19.6. The Morgan fingerprint density at radius 2 is 1.91 bits per heavy atom. The van der Waals surface area contributed by atoms with Crippen molar-refractivity contribution in [2.75, 3.05) is 13.6 Å². The predicted molar refractivity (Wildman–Crippen MR) is 114 cm³/mol. The van der Waals surface area contributed by atoms with Gasteiger partial charge in [0.15, 0.2) is 0 Å². The standard InChI is InChI=1S/C23H21F2N5O3/c1-28(12-18-26-16-8-4-5-9-17(16)30(18)21(24)25)19(31)13-29-20(32)23(27-22(29)33)11-10-14-6-2-3-7-15(14)23/h2-9,21H,10-13H2,1H3,(H,27,33)/t23-/m1/s1. The van der Waals surface area contributed by atoms with Crippen LogP contribution in [0.15, 0.2) is 48.5 Å². The number of imide groups is 1. The monoisotopic (exact) mass is 453 g/mol. The number of carbonyl (C=O) groups is 3. The van der Waals surface area contributed by atoms with Gasteiger partial charge in [-0.05, 0) is 36.1 Å². The number of fused-ring (bicyclic) bond motifs is 3. The van der Waals surface area contributed by atoms with Crippen molar-refractivity contribution < 1.29 is 23.2 Å². The number of benzene rings is 2. The number of aromatic nitrogens is 2. The van der Waals surface area contributed by atoms with Crippen LogP contribution in [0.5, 0.6) is 0 Å². The number of amides is 4. The Morgan fingerprint density at radius 1 is 1.18 bits per heavy atom. The molecule has 33 heavy (non-hydrogen) atoms. The van der Waals surface area contributed by atoms with E-state index >= 15 is 0 Å². The molecule has 1 saturated heterocycles. The summed E-state index contributed by atoms with van der Waals surface area (Å²) in [5.41, 5.74) is 1.24. The molecule has 5 rings (SSSR count). The summed E-state index contributed by atoms with van der Waals surface area (Å²) in [7, 11) is 1.43. The molecule has 1 fully saturated rings. The highest BCUT2D eigenvalue weighted by Crippen LogP contribution is 2.41. The third-order valence-electron chi connectivity index (χ3n) is 6.38. The fourth-order valence-electron chi connectivity index (χ4n) is 4.71. The van der Waals surface area contributed by atoms with E-state index in [1.165, 1.54) is 18.0 Å². The number of nitrogens with one attached hydrogen (secondary N) is 1. The Morgan fingerprint density at radius 3 is 2.70 bits per heavy atom. The fourth-order valence-corrected chi connectivity index (χ4v) is 4.71. The number of rotatable bonds is 5. The third-order valence-corrected chi connectivity index (χ3v) is 6.38. The van der Waals surface area contributed by atoms with Crippen molar-refractivity contribution in [1.82, 2.24) is 24.7 Å². The van der Waals surface area contributed by atoms with Gasteiger partial charge < -0.3 is 10.2 Å². The molecule has 1 atom stereocenters. The summed E-state index contributed by atoms with van der Waals surface area (Å²) < 4.78 is 28.1. The first-order chi connectivity index (χ1) is 15.8. The number of likely N-dealkylation sites (N-methyl/N-ethyl adjacent to an activating group) is 1. The zero-order valence-corrected chi connectivity index (χ0v) is 17.8. The van der Waals surface area contributed by atoms with E-state index in [0.717, 1.165) is 20.6 Å². The van der Waals surface area contributed by atoms with E-state index in [2.05, 4.69) is 10.3 Å². The van der Waals surface area contributed by atoms with Gasteiger partial charge in [0.05, 0.1) is 17.6 Å². The second-order valence-electron chi connectivity index (χ2n) is 8.30. The summed E-state index contributed by atoms with van der Waals surface area (Å²) in [6.07, 6.45) is 1.07. The fraction of sp³-hybridized carbons (Fsp3) is 0.304. The maximum atomic E-state index is 13.7. The molecular weight excluding hydrogens is 432 g/mol. The maximum absolute atomic E-state index is 13.7. The zero-order chi connectivity index (χ0) is 23.3. The molecule has 0 bridgehead atoms.